The van der Waals surface area contributed by atoms with Gasteiger partial charge in [-0.05, 0) is 0 Å². The van der Waals surface area contributed by atoms with Crippen LogP contribution in [0.4, 0.5) is 0 Å². The Morgan fingerprint density at radius 1 is 1.67 bits per heavy atom. The van der Waals surface area contributed by atoms with Crippen LogP contribution >= 0.6 is 15.9 Å². The van der Waals surface area contributed by atoms with E-state index in [1.54, 1.807) is 0 Å². The molecule has 0 rings (SSSR count). The van der Waals surface area contributed by atoms with Crippen LogP contribution in [-0.4, -0.2) is 27.9 Å². The van der Waals surface area contributed by atoms with Gasteiger partial charge in [0.2, 0.25) is 0 Å². The third-order valence-corrected chi connectivity index (χ3v) is 0. The molecule has 0 spiro atoms. The van der Waals surface area contributed by atoms with Gasteiger partial charge in [0, 0.05) is 0 Å². The van der Waals surface area contributed by atoms with Crippen LogP contribution in [0, 0.1) is 6.92 Å². The third-order valence-electron chi connectivity index (χ3n) is 0. The minimum atomic E-state index is 0. The van der Waals surface area contributed by atoms with Gasteiger partial charge in [0.05, 0.1) is 0 Å². The molecule has 0 aromatic carbocycles. The molecule has 0 aliphatic rings. The molecular formula is C3H6Br2Mg. The molecule has 0 saturated heterocycles. The molecule has 0 heterocycles. The van der Waals surface area contributed by atoms with Gasteiger partial charge in [0.25, 0.3) is 0 Å². The predicted molar refractivity (Wildman–Crippen MR) is 29.5 cm³/mol. The Morgan fingerprint density at radius 3 is 1.67 bits per heavy atom. The second-order valence-corrected chi connectivity index (χ2v) is 2.34. The summed E-state index contributed by atoms with van der Waals surface area (Å²) >= 11 is 3.16. The van der Waals surface area contributed by atoms with Gasteiger partial charge in [-0.2, -0.15) is 0 Å². The fourth-order valence-electron chi connectivity index (χ4n) is 0. The average molecular weight is 226 g/mol. The largest absolute Gasteiger partial charge is 2.00 e. The van der Waals surface area contributed by atoms with Crippen molar-refractivity contribution in [3.05, 3.63) is 6.92 Å². The Kier molecular flexibility index (Phi) is 25.8. The minimum absolute atomic E-state index is 0. The molecule has 0 aromatic heterocycles. The predicted octanol–water partition coefficient (Wildman–Crippen LogP) is -1.77. The van der Waals surface area contributed by atoms with Gasteiger partial charge in [-0.25, -0.2) is 0 Å². The molecule has 0 N–H and O–H groups in total. The van der Waals surface area contributed by atoms with E-state index >= 15 is 0 Å². The van der Waals surface area contributed by atoms with Gasteiger partial charge >= 0.3 is 23.1 Å². The standard InChI is InChI=1S/C3H6Br.BrH.Mg/c1-3(2)4;;/h3H,1H2,2H3;1H;/q-1;;+2/p-1. The van der Waals surface area contributed by atoms with E-state index in [1.807, 2.05) is 6.92 Å². The second kappa shape index (κ2) is 9.87. The van der Waals surface area contributed by atoms with E-state index in [-0.39, 0.29) is 40.0 Å². The summed E-state index contributed by atoms with van der Waals surface area (Å²) in [7, 11) is 0. The zero-order chi connectivity index (χ0) is 3.58. The zero-order valence-corrected chi connectivity index (χ0v) is 8.33. The maximum absolute atomic E-state index is 3.56. The summed E-state index contributed by atoms with van der Waals surface area (Å²) in [5.41, 5.74) is 0. The minimum Gasteiger partial charge on any atom is -1.00 e. The number of halogens is 2. The summed E-state index contributed by atoms with van der Waals surface area (Å²) in [5, 5.41) is 0. The molecule has 1 atom stereocenters. The Hall–Kier alpha value is 1.73. The summed E-state index contributed by atoms with van der Waals surface area (Å²) < 4.78 is 0. The summed E-state index contributed by atoms with van der Waals surface area (Å²) in [4.78, 5) is 0.396. The van der Waals surface area contributed by atoms with Crippen LogP contribution in [0.25, 0.3) is 0 Å². The van der Waals surface area contributed by atoms with Crippen LogP contribution in [-0.2, 0) is 0 Å². The Bertz CT molecular complexity index is 13.5. The SMILES string of the molecule is [Br-].[CH2-]C(C)Br.[Mg+2]. The van der Waals surface area contributed by atoms with Crippen molar-refractivity contribution in [2.24, 2.45) is 0 Å². The van der Waals surface area contributed by atoms with E-state index in [2.05, 4.69) is 22.9 Å². The van der Waals surface area contributed by atoms with Crippen LogP contribution in [0.2, 0.25) is 0 Å². The van der Waals surface area contributed by atoms with Crippen LogP contribution in [0.1, 0.15) is 6.92 Å². The molecule has 3 heteroatoms. The summed E-state index contributed by atoms with van der Waals surface area (Å²) in [6, 6.07) is 0. The van der Waals surface area contributed by atoms with Crippen molar-refractivity contribution >= 4 is 39.0 Å². The number of hydrogen-bond acceptors (Lipinski definition) is 0. The molecule has 0 radical (unpaired) electrons. The maximum Gasteiger partial charge on any atom is 2.00 e. The van der Waals surface area contributed by atoms with Gasteiger partial charge < -0.3 is 23.9 Å². The molecule has 0 nitrogen and oxygen atoms in total. The first-order valence-electron chi connectivity index (χ1n) is 1.20. The van der Waals surface area contributed by atoms with Gasteiger partial charge in [0.1, 0.15) is 0 Å². The van der Waals surface area contributed by atoms with Crippen molar-refractivity contribution in [3.63, 3.8) is 0 Å². The van der Waals surface area contributed by atoms with Gasteiger partial charge in [-0.1, -0.05) is 6.92 Å². The van der Waals surface area contributed by atoms with E-state index < -0.39 is 0 Å². The molecular weight excluding hydrogens is 220 g/mol. The molecule has 1 unspecified atom stereocenters. The van der Waals surface area contributed by atoms with Crippen molar-refractivity contribution in [2.75, 3.05) is 0 Å². The summed E-state index contributed by atoms with van der Waals surface area (Å²) in [5.74, 6) is 0. The molecule has 0 amide bonds. The van der Waals surface area contributed by atoms with Gasteiger partial charge in [-0.3, -0.25) is 0 Å². The van der Waals surface area contributed by atoms with E-state index in [0.717, 1.165) is 0 Å². The van der Waals surface area contributed by atoms with Crippen LogP contribution in [0.5, 0.6) is 0 Å². The first kappa shape index (κ1) is 15.6. The smallest absolute Gasteiger partial charge is 1.00 e. The second-order valence-electron chi connectivity index (χ2n) is 0.781. The fraction of sp³-hybridized carbons (Fsp3) is 0.667. The van der Waals surface area contributed by atoms with E-state index in [1.165, 1.54) is 0 Å². The number of rotatable bonds is 0. The van der Waals surface area contributed by atoms with Crippen molar-refractivity contribution in [1.82, 2.24) is 0 Å². The molecule has 34 valence electrons. The Balaban J connectivity index is -0.0000000450. The first-order chi connectivity index (χ1) is 1.73. The van der Waals surface area contributed by atoms with Crippen molar-refractivity contribution in [1.29, 1.82) is 0 Å². The molecule has 0 aliphatic carbocycles. The van der Waals surface area contributed by atoms with Crippen LogP contribution < -0.4 is 17.0 Å². The van der Waals surface area contributed by atoms with Crippen molar-refractivity contribution in [3.8, 4) is 0 Å². The normalized spacial score (nSPS) is 10.5. The molecule has 6 heavy (non-hydrogen) atoms. The monoisotopic (exact) mass is 224 g/mol. The van der Waals surface area contributed by atoms with Crippen LogP contribution in [0.3, 0.4) is 0 Å². The number of hydrogen-bond donors (Lipinski definition) is 0. The number of alkyl halides is 1. The molecule has 0 bridgehead atoms. The van der Waals surface area contributed by atoms with Crippen LogP contribution in [0.15, 0.2) is 0 Å². The van der Waals surface area contributed by atoms with E-state index in [0.29, 0.717) is 4.83 Å². The topological polar surface area (TPSA) is 0 Å². The summed E-state index contributed by atoms with van der Waals surface area (Å²) in [6.07, 6.45) is 0. The summed E-state index contributed by atoms with van der Waals surface area (Å²) in [6.45, 7) is 5.53. The van der Waals surface area contributed by atoms with E-state index in [9.17, 15) is 0 Å². The zero-order valence-electron chi connectivity index (χ0n) is 3.75. The Labute approximate surface area is 74.1 Å². The maximum atomic E-state index is 3.56. The van der Waals surface area contributed by atoms with E-state index in [4.69, 9.17) is 0 Å². The van der Waals surface area contributed by atoms with Gasteiger partial charge in [-0.15, -0.1) is 20.8 Å². The van der Waals surface area contributed by atoms with Crippen molar-refractivity contribution < 1.29 is 17.0 Å². The Morgan fingerprint density at radius 2 is 1.67 bits per heavy atom. The fourth-order valence-corrected chi connectivity index (χ4v) is 0. The molecule has 0 aliphatic heterocycles. The molecule has 0 saturated carbocycles. The molecule has 0 aromatic rings. The molecule has 0 fully saturated rings. The quantitative estimate of drug-likeness (QED) is 0.260. The average Bonchev–Trinajstić information content (AvgIpc) is 0.811. The first-order valence-corrected chi connectivity index (χ1v) is 2.12. The van der Waals surface area contributed by atoms with Gasteiger partial charge in [0.15, 0.2) is 0 Å². The third kappa shape index (κ3) is 42.9. The van der Waals surface area contributed by atoms with Crippen molar-refractivity contribution in [2.45, 2.75) is 11.8 Å².